The predicted molar refractivity (Wildman–Crippen MR) is 141 cm³/mol. The Hall–Kier alpha value is -4.50. The monoisotopic (exact) mass is 562 g/mol. The number of carboxylic acid groups (broad SMARTS) is 3. The summed E-state index contributed by atoms with van der Waals surface area (Å²) in [4.78, 5) is 75.9. The molecule has 1 aromatic carbocycles. The average Bonchev–Trinajstić information content (AvgIpc) is 3.29. The zero-order chi connectivity index (χ0) is 29.8. The number of rotatable bonds is 17. The summed E-state index contributed by atoms with van der Waals surface area (Å²) >= 11 is 0. The summed E-state index contributed by atoms with van der Waals surface area (Å²) in [6.45, 7) is 0.396. The van der Waals surface area contributed by atoms with Crippen LogP contribution in [-0.4, -0.2) is 86.6 Å². The number of benzene rings is 1. The van der Waals surface area contributed by atoms with Crippen molar-refractivity contribution >= 4 is 46.5 Å². The van der Waals surface area contributed by atoms with Crippen molar-refractivity contribution in [1.29, 1.82) is 0 Å². The Kier molecular flexibility index (Phi) is 12.0. The number of hydrogen-bond acceptors (Lipinski definition) is 8. The Morgan fingerprint density at radius 2 is 1.38 bits per heavy atom. The summed E-state index contributed by atoms with van der Waals surface area (Å²) in [6, 6.07) is 1.14. The molecule has 4 unspecified atom stereocenters. The molecule has 1 aromatic heterocycles. The number of hydrogen-bond donors (Lipinski definition) is 9. The van der Waals surface area contributed by atoms with E-state index >= 15 is 0 Å². The fourth-order valence-electron chi connectivity index (χ4n) is 3.95. The van der Waals surface area contributed by atoms with Crippen molar-refractivity contribution in [2.45, 2.75) is 62.7 Å². The number of carboxylic acids is 3. The van der Waals surface area contributed by atoms with Gasteiger partial charge in [0.2, 0.25) is 17.7 Å². The molecule has 0 bridgehead atoms. The maximum atomic E-state index is 13.2. The number of nitrogens with one attached hydrogen (secondary N) is 4. The van der Waals surface area contributed by atoms with Crippen LogP contribution in [0.4, 0.5) is 0 Å². The van der Waals surface area contributed by atoms with Crippen LogP contribution in [0.3, 0.4) is 0 Å². The van der Waals surface area contributed by atoms with Crippen molar-refractivity contribution in [1.82, 2.24) is 20.9 Å². The quantitative estimate of drug-likeness (QED) is 0.102. The first-order chi connectivity index (χ1) is 18.9. The number of nitrogens with two attached hydrogens (primary N) is 2. The van der Waals surface area contributed by atoms with Crippen LogP contribution in [0.15, 0.2) is 30.5 Å². The summed E-state index contributed by atoms with van der Waals surface area (Å²) < 4.78 is 0. The van der Waals surface area contributed by atoms with Crippen molar-refractivity contribution in [3.05, 3.63) is 36.0 Å². The number of para-hydroxylation sites is 1. The Morgan fingerprint density at radius 3 is 2.00 bits per heavy atom. The highest BCUT2D eigenvalue weighted by Gasteiger charge is 2.32. The van der Waals surface area contributed by atoms with Gasteiger partial charge in [0.05, 0.1) is 18.9 Å². The second-order valence-electron chi connectivity index (χ2n) is 9.17. The third-order valence-electron chi connectivity index (χ3n) is 6.04. The molecule has 15 nitrogen and oxygen atoms in total. The molecule has 0 spiro atoms. The van der Waals surface area contributed by atoms with E-state index in [1.807, 2.05) is 0 Å². The molecule has 0 fully saturated rings. The summed E-state index contributed by atoms with van der Waals surface area (Å²) in [7, 11) is 0. The minimum absolute atomic E-state index is 0.173. The fraction of sp³-hybridized carbons (Fsp3) is 0.440. The van der Waals surface area contributed by atoms with Gasteiger partial charge in [-0.05, 0) is 31.0 Å². The van der Waals surface area contributed by atoms with E-state index in [1.165, 1.54) is 0 Å². The van der Waals surface area contributed by atoms with Crippen LogP contribution in [0.2, 0.25) is 0 Å². The number of unbranched alkanes of at least 4 members (excludes halogenated alkanes) is 1. The summed E-state index contributed by atoms with van der Waals surface area (Å²) in [5, 5.41) is 35.1. The lowest BCUT2D eigenvalue weighted by Crippen LogP contribution is -2.58. The lowest BCUT2D eigenvalue weighted by atomic mass is 10.0. The molecule has 0 aliphatic carbocycles. The summed E-state index contributed by atoms with van der Waals surface area (Å²) in [5.41, 5.74) is 12.6. The molecule has 3 amide bonds. The Balaban J connectivity index is 2.30. The Labute approximate surface area is 228 Å². The lowest BCUT2D eigenvalue weighted by molar-refractivity contribution is -0.147. The molecule has 2 aromatic rings. The van der Waals surface area contributed by atoms with Crippen LogP contribution in [0, 0.1) is 0 Å². The lowest BCUT2D eigenvalue weighted by Gasteiger charge is -2.24. The molecule has 1 heterocycles. The molecular formula is C25H34N6O9. The maximum Gasteiger partial charge on any atom is 0.326 e. The number of aliphatic carboxylic acids is 3. The van der Waals surface area contributed by atoms with E-state index in [2.05, 4.69) is 20.9 Å². The number of carbonyl (C=O) groups is 6. The average molecular weight is 563 g/mol. The molecule has 15 heteroatoms. The van der Waals surface area contributed by atoms with Crippen molar-refractivity contribution in [2.75, 3.05) is 6.54 Å². The van der Waals surface area contributed by atoms with Crippen molar-refractivity contribution in [3.63, 3.8) is 0 Å². The number of H-pyrrole nitrogens is 1. The normalized spacial score (nSPS) is 13.9. The van der Waals surface area contributed by atoms with Gasteiger partial charge in [0.15, 0.2) is 0 Å². The van der Waals surface area contributed by atoms with E-state index < -0.39 is 72.6 Å². The van der Waals surface area contributed by atoms with E-state index in [4.69, 9.17) is 16.6 Å². The second-order valence-corrected chi connectivity index (χ2v) is 9.17. The molecule has 2 rings (SSSR count). The van der Waals surface area contributed by atoms with E-state index in [0.29, 0.717) is 30.3 Å². The standard InChI is InChI=1S/C25H34N6O9/c26-8-4-3-6-15(27)22(36)29-18(10-20(32)33)24(38)30-17(23(37)31-19(25(39)40)11-21(34)35)9-13-12-28-16-7-2-1-5-14(13)16/h1-2,5,7,12,15,17-19,28H,3-4,6,8-11,26-27H2,(H,29,36)(H,30,38)(H,31,37)(H,32,33)(H,34,35)(H,39,40). The summed E-state index contributed by atoms with van der Waals surface area (Å²) in [5.74, 6) is -7.32. The highest BCUT2D eigenvalue weighted by atomic mass is 16.4. The van der Waals surface area contributed by atoms with Crippen LogP contribution in [-0.2, 0) is 35.2 Å². The minimum atomic E-state index is -1.80. The van der Waals surface area contributed by atoms with Crippen LogP contribution in [0.25, 0.3) is 10.9 Å². The molecule has 0 radical (unpaired) electrons. The van der Waals surface area contributed by atoms with Gasteiger partial charge in [-0.25, -0.2) is 4.79 Å². The first kappa shape index (κ1) is 31.7. The molecule has 0 aliphatic heterocycles. The number of carbonyl (C=O) groups excluding carboxylic acids is 3. The molecule has 0 aliphatic rings. The van der Waals surface area contributed by atoms with Gasteiger partial charge in [0.1, 0.15) is 18.1 Å². The first-order valence-electron chi connectivity index (χ1n) is 12.5. The molecule has 4 atom stereocenters. The van der Waals surface area contributed by atoms with E-state index in [1.54, 1.807) is 30.5 Å². The SMILES string of the molecule is NCCCCC(N)C(=O)NC(CC(=O)O)C(=O)NC(Cc1c[nH]c2ccccc12)C(=O)NC(CC(=O)O)C(=O)O. The van der Waals surface area contributed by atoms with Crippen molar-refractivity contribution in [3.8, 4) is 0 Å². The second kappa shape index (κ2) is 15.2. The smallest absolute Gasteiger partial charge is 0.326 e. The van der Waals surface area contributed by atoms with Gasteiger partial charge in [0.25, 0.3) is 0 Å². The number of aromatic nitrogens is 1. The van der Waals surface area contributed by atoms with Gasteiger partial charge in [0, 0.05) is 23.5 Å². The Morgan fingerprint density at radius 1 is 0.800 bits per heavy atom. The third-order valence-corrected chi connectivity index (χ3v) is 6.04. The van der Waals surface area contributed by atoms with E-state index in [0.717, 1.165) is 5.52 Å². The maximum absolute atomic E-state index is 13.2. The van der Waals surface area contributed by atoms with Gasteiger partial charge in [-0.15, -0.1) is 0 Å². The number of fused-ring (bicyclic) bond motifs is 1. The minimum Gasteiger partial charge on any atom is -0.481 e. The van der Waals surface area contributed by atoms with Gasteiger partial charge in [-0.1, -0.05) is 24.6 Å². The van der Waals surface area contributed by atoms with E-state index in [9.17, 15) is 39.0 Å². The van der Waals surface area contributed by atoms with Crippen LogP contribution >= 0.6 is 0 Å². The van der Waals surface area contributed by atoms with Gasteiger partial charge < -0.3 is 47.7 Å². The molecule has 11 N–H and O–H groups in total. The van der Waals surface area contributed by atoms with Crippen LogP contribution in [0.1, 0.15) is 37.7 Å². The topological polar surface area (TPSA) is 267 Å². The van der Waals surface area contributed by atoms with Gasteiger partial charge in [-0.2, -0.15) is 0 Å². The molecule has 218 valence electrons. The predicted octanol–water partition coefficient (Wildman–Crippen LogP) is -1.34. The molecule has 0 saturated carbocycles. The third kappa shape index (κ3) is 9.67. The zero-order valence-corrected chi connectivity index (χ0v) is 21.6. The largest absolute Gasteiger partial charge is 0.481 e. The Bertz CT molecular complexity index is 1230. The van der Waals surface area contributed by atoms with Gasteiger partial charge >= 0.3 is 17.9 Å². The molecule has 0 saturated heterocycles. The highest BCUT2D eigenvalue weighted by molar-refractivity contribution is 5.96. The van der Waals surface area contributed by atoms with Crippen LogP contribution in [0.5, 0.6) is 0 Å². The van der Waals surface area contributed by atoms with E-state index in [-0.39, 0.29) is 12.8 Å². The van der Waals surface area contributed by atoms with Crippen molar-refractivity contribution in [2.24, 2.45) is 11.5 Å². The highest BCUT2D eigenvalue weighted by Crippen LogP contribution is 2.19. The fourth-order valence-corrected chi connectivity index (χ4v) is 3.95. The first-order valence-corrected chi connectivity index (χ1v) is 12.5. The molecule has 40 heavy (non-hydrogen) atoms. The van der Waals surface area contributed by atoms with Crippen molar-refractivity contribution < 1.29 is 44.1 Å². The van der Waals surface area contributed by atoms with Crippen LogP contribution < -0.4 is 27.4 Å². The summed E-state index contributed by atoms with van der Waals surface area (Å²) in [6.07, 6.45) is 1.06. The zero-order valence-electron chi connectivity index (χ0n) is 21.6. The number of aromatic amines is 1. The van der Waals surface area contributed by atoms with Gasteiger partial charge in [-0.3, -0.25) is 24.0 Å². The number of amides is 3. The molecular weight excluding hydrogens is 528 g/mol.